The maximum atomic E-state index is 5.88. The average Bonchev–Trinajstić information content (AvgIpc) is 2.59. The number of hydrogen-bond acceptors (Lipinski definition) is 3. The predicted molar refractivity (Wildman–Crippen MR) is 109 cm³/mol. The Labute approximate surface area is 166 Å². The Morgan fingerprint density at radius 1 is 1.00 bits per heavy atom. The molecule has 4 aliphatic carbocycles. The quantitative estimate of drug-likeness (QED) is 0.584. The fourth-order valence-electron chi connectivity index (χ4n) is 5.92. The molecule has 0 spiro atoms. The first-order valence-corrected chi connectivity index (χ1v) is 11.2. The molecule has 26 heavy (non-hydrogen) atoms. The monoisotopic (exact) mass is 421 g/mol. The van der Waals surface area contributed by atoms with Gasteiger partial charge in [0.1, 0.15) is 0 Å². The van der Waals surface area contributed by atoms with E-state index < -0.39 is 0 Å². The first-order chi connectivity index (χ1) is 12.6. The molecule has 4 heteroatoms. The van der Waals surface area contributed by atoms with Crippen molar-refractivity contribution >= 4 is 15.9 Å². The highest BCUT2D eigenvalue weighted by Gasteiger charge is 2.50. The van der Waals surface area contributed by atoms with Crippen molar-refractivity contribution in [3.63, 3.8) is 0 Å². The van der Waals surface area contributed by atoms with E-state index in [-0.39, 0.29) is 0 Å². The fraction of sp³-hybridized carbons (Fsp3) is 0.727. The lowest BCUT2D eigenvalue weighted by Crippen LogP contribution is -2.58. The molecule has 4 aliphatic rings. The minimum absolute atomic E-state index is 0.386. The summed E-state index contributed by atoms with van der Waals surface area (Å²) in [5.41, 5.74) is 1.66. The van der Waals surface area contributed by atoms with Crippen LogP contribution in [-0.4, -0.2) is 18.8 Å². The Morgan fingerprint density at radius 2 is 1.62 bits per heavy atom. The molecular weight excluding hydrogens is 390 g/mol. The van der Waals surface area contributed by atoms with Gasteiger partial charge in [0.15, 0.2) is 11.5 Å². The average molecular weight is 422 g/mol. The van der Waals surface area contributed by atoms with Gasteiger partial charge in [-0.1, -0.05) is 22.9 Å². The van der Waals surface area contributed by atoms with Crippen LogP contribution < -0.4 is 14.8 Å². The molecule has 4 bridgehead atoms. The molecule has 1 N–H and O–H groups in total. The summed E-state index contributed by atoms with van der Waals surface area (Å²) in [6.07, 6.45) is 9.61. The summed E-state index contributed by atoms with van der Waals surface area (Å²) < 4.78 is 12.8. The first kappa shape index (κ1) is 18.6. The predicted octanol–water partition coefficient (Wildman–Crippen LogP) is 5.70. The summed E-state index contributed by atoms with van der Waals surface area (Å²) in [5, 5.41) is 3.99. The summed E-state index contributed by atoms with van der Waals surface area (Å²) in [6.45, 7) is 6.43. The molecule has 0 heterocycles. The van der Waals surface area contributed by atoms with Crippen molar-refractivity contribution in [2.45, 2.75) is 70.9 Å². The van der Waals surface area contributed by atoms with Gasteiger partial charge >= 0.3 is 0 Å². The van der Waals surface area contributed by atoms with Crippen LogP contribution in [0.25, 0.3) is 0 Å². The third kappa shape index (κ3) is 3.77. The van der Waals surface area contributed by atoms with Crippen molar-refractivity contribution in [1.29, 1.82) is 0 Å². The number of ether oxygens (including phenoxy) is 2. The van der Waals surface area contributed by atoms with Crippen molar-refractivity contribution in [2.24, 2.45) is 17.8 Å². The van der Waals surface area contributed by atoms with Gasteiger partial charge in [-0.2, -0.15) is 0 Å². The van der Waals surface area contributed by atoms with Crippen LogP contribution in [0.4, 0.5) is 0 Å². The van der Waals surface area contributed by atoms with E-state index in [4.69, 9.17) is 9.47 Å². The van der Waals surface area contributed by atoms with Gasteiger partial charge in [-0.15, -0.1) is 0 Å². The van der Waals surface area contributed by atoms with E-state index in [1.165, 1.54) is 44.1 Å². The maximum absolute atomic E-state index is 5.88. The minimum atomic E-state index is 0.386. The highest BCUT2D eigenvalue weighted by molar-refractivity contribution is 9.10. The Bertz CT molecular complexity index is 610. The Kier molecular flexibility index (Phi) is 5.52. The molecule has 0 radical (unpaired) electrons. The van der Waals surface area contributed by atoms with E-state index in [2.05, 4.69) is 40.3 Å². The summed E-state index contributed by atoms with van der Waals surface area (Å²) in [6, 6.07) is 4.24. The van der Waals surface area contributed by atoms with Crippen LogP contribution >= 0.6 is 15.9 Å². The van der Waals surface area contributed by atoms with Gasteiger partial charge in [0, 0.05) is 16.6 Å². The molecule has 0 aliphatic heterocycles. The molecule has 0 unspecified atom stereocenters. The first-order valence-electron chi connectivity index (χ1n) is 10.4. The number of benzene rings is 1. The molecule has 1 aromatic carbocycles. The fourth-order valence-corrected chi connectivity index (χ4v) is 6.38. The molecule has 0 aromatic heterocycles. The topological polar surface area (TPSA) is 30.5 Å². The summed E-state index contributed by atoms with van der Waals surface area (Å²) in [5.74, 6) is 4.63. The lowest BCUT2D eigenvalue weighted by molar-refractivity contribution is -0.0206. The SMILES string of the molecule is CCCOc1cc(Br)c(CNC23CC4CC(CC(C4)C2)C3)cc1OCC. The summed E-state index contributed by atoms with van der Waals surface area (Å²) in [7, 11) is 0. The Balaban J connectivity index is 1.48. The smallest absolute Gasteiger partial charge is 0.162 e. The number of halogens is 1. The molecule has 4 saturated carbocycles. The minimum Gasteiger partial charge on any atom is -0.490 e. The van der Waals surface area contributed by atoms with Crippen LogP contribution in [0.3, 0.4) is 0 Å². The van der Waals surface area contributed by atoms with Gasteiger partial charge in [-0.3, -0.25) is 0 Å². The largest absolute Gasteiger partial charge is 0.490 e. The third-order valence-electron chi connectivity index (χ3n) is 6.57. The van der Waals surface area contributed by atoms with E-state index in [9.17, 15) is 0 Å². The van der Waals surface area contributed by atoms with Gasteiger partial charge < -0.3 is 14.8 Å². The van der Waals surface area contributed by atoms with Gasteiger partial charge in [0.25, 0.3) is 0 Å². The van der Waals surface area contributed by atoms with E-state index in [1.54, 1.807) is 0 Å². The van der Waals surface area contributed by atoms with Crippen molar-refractivity contribution in [3.05, 3.63) is 22.2 Å². The second-order valence-corrected chi connectivity index (χ2v) is 9.58. The van der Waals surface area contributed by atoms with Crippen LogP contribution in [0.15, 0.2) is 16.6 Å². The molecular formula is C22H32BrNO2. The zero-order valence-corrected chi connectivity index (χ0v) is 17.7. The normalized spacial score (nSPS) is 32.0. The Hall–Kier alpha value is -0.740. The molecule has 0 amide bonds. The van der Waals surface area contributed by atoms with Crippen LogP contribution in [-0.2, 0) is 6.54 Å². The zero-order valence-electron chi connectivity index (χ0n) is 16.2. The van der Waals surface area contributed by atoms with Crippen LogP contribution in [0.2, 0.25) is 0 Å². The highest BCUT2D eigenvalue weighted by atomic mass is 79.9. The summed E-state index contributed by atoms with van der Waals surface area (Å²) in [4.78, 5) is 0. The molecule has 5 rings (SSSR count). The van der Waals surface area contributed by atoms with Crippen molar-refractivity contribution in [1.82, 2.24) is 5.32 Å². The number of rotatable bonds is 8. The molecule has 1 aromatic rings. The molecule has 0 atom stereocenters. The molecule has 3 nitrogen and oxygen atoms in total. The molecule has 0 saturated heterocycles. The standard InChI is InChI=1S/C22H32BrNO2/c1-3-5-26-21-10-19(23)18(9-20(21)25-4-2)14-24-22-11-15-6-16(12-22)8-17(7-15)13-22/h9-10,15-17,24H,3-8,11-14H2,1-2H3. The lowest BCUT2D eigenvalue weighted by Gasteiger charge is -2.57. The van der Waals surface area contributed by atoms with Gasteiger partial charge in [-0.25, -0.2) is 0 Å². The van der Waals surface area contributed by atoms with E-state index >= 15 is 0 Å². The van der Waals surface area contributed by atoms with Gasteiger partial charge in [0.2, 0.25) is 0 Å². The van der Waals surface area contributed by atoms with E-state index in [0.29, 0.717) is 12.1 Å². The zero-order chi connectivity index (χ0) is 18.1. The summed E-state index contributed by atoms with van der Waals surface area (Å²) >= 11 is 3.76. The van der Waals surface area contributed by atoms with Crippen LogP contribution in [0.1, 0.15) is 64.4 Å². The third-order valence-corrected chi connectivity index (χ3v) is 7.30. The lowest BCUT2D eigenvalue weighted by atomic mass is 9.53. The highest BCUT2D eigenvalue weighted by Crippen LogP contribution is 2.55. The van der Waals surface area contributed by atoms with Gasteiger partial charge in [0.05, 0.1) is 13.2 Å². The van der Waals surface area contributed by atoms with Crippen LogP contribution in [0.5, 0.6) is 11.5 Å². The van der Waals surface area contributed by atoms with Gasteiger partial charge in [-0.05, 0) is 87.3 Å². The maximum Gasteiger partial charge on any atom is 0.162 e. The number of nitrogens with one attached hydrogen (secondary N) is 1. The van der Waals surface area contributed by atoms with Crippen molar-refractivity contribution in [2.75, 3.05) is 13.2 Å². The number of hydrogen-bond donors (Lipinski definition) is 1. The Morgan fingerprint density at radius 3 is 2.19 bits per heavy atom. The second kappa shape index (κ2) is 7.71. The second-order valence-electron chi connectivity index (χ2n) is 8.72. The van der Waals surface area contributed by atoms with E-state index in [0.717, 1.165) is 53.3 Å². The van der Waals surface area contributed by atoms with Crippen molar-refractivity contribution < 1.29 is 9.47 Å². The molecule has 4 fully saturated rings. The van der Waals surface area contributed by atoms with Crippen molar-refractivity contribution in [3.8, 4) is 11.5 Å². The van der Waals surface area contributed by atoms with E-state index in [1.807, 2.05) is 6.92 Å². The van der Waals surface area contributed by atoms with Crippen LogP contribution in [0, 0.1) is 17.8 Å². The molecule has 144 valence electrons.